The summed E-state index contributed by atoms with van der Waals surface area (Å²) in [4.78, 5) is 3.65. The number of aliphatic imine (C=N–C) groups is 1. The molecule has 0 saturated heterocycles. The topological polar surface area (TPSA) is 88.1 Å². The van der Waals surface area contributed by atoms with Crippen LogP contribution >= 0.6 is 22.6 Å². The smallest absolute Gasteiger partial charge is 0.211 e. The second-order valence-electron chi connectivity index (χ2n) is 7.55. The number of amidine groups is 1. The van der Waals surface area contributed by atoms with Gasteiger partial charge in [-0.05, 0) is 50.1 Å². The zero-order valence-corrected chi connectivity index (χ0v) is 19.7. The van der Waals surface area contributed by atoms with E-state index in [1.165, 1.54) is 11.8 Å². The Morgan fingerprint density at radius 3 is 2.66 bits per heavy atom. The van der Waals surface area contributed by atoms with Gasteiger partial charge in [0.25, 0.3) is 0 Å². The van der Waals surface area contributed by atoms with Gasteiger partial charge >= 0.3 is 0 Å². The molecule has 0 fully saturated rings. The van der Waals surface area contributed by atoms with Crippen LogP contribution in [0, 0.1) is 11.6 Å². The molecule has 0 radical (unpaired) electrons. The minimum Gasteiger partial charge on any atom is -0.330 e. The van der Waals surface area contributed by atoms with Crippen LogP contribution in [0.3, 0.4) is 0 Å². The van der Waals surface area contributed by atoms with Crippen molar-refractivity contribution in [2.24, 2.45) is 15.8 Å². The van der Waals surface area contributed by atoms with Crippen LogP contribution in [-0.4, -0.2) is 42.0 Å². The lowest BCUT2D eigenvalue weighted by atomic mass is 10.0. The maximum absolute atomic E-state index is 14.7. The van der Waals surface area contributed by atoms with E-state index in [1.807, 2.05) is 30.3 Å². The first-order valence-corrected chi connectivity index (χ1v) is 13.8. The SMILES string of the molecule is CC1CS(=O)(=O)SC(N2N=C(c3cc(F)ccc3F)SC2(CCCN)c2ccccc2)=N1. The van der Waals surface area contributed by atoms with E-state index in [-0.39, 0.29) is 21.5 Å². The van der Waals surface area contributed by atoms with E-state index in [9.17, 15) is 17.2 Å². The molecule has 0 spiro atoms. The number of hydrogen-bond donors (Lipinski definition) is 1. The quantitative estimate of drug-likeness (QED) is 0.628. The zero-order chi connectivity index (χ0) is 22.9. The highest BCUT2D eigenvalue weighted by Gasteiger charge is 2.49. The number of hydrogen-bond acceptors (Lipinski definition) is 8. The predicted molar refractivity (Wildman–Crippen MR) is 127 cm³/mol. The maximum Gasteiger partial charge on any atom is 0.211 e. The highest BCUT2D eigenvalue weighted by atomic mass is 33.1. The van der Waals surface area contributed by atoms with E-state index in [0.29, 0.717) is 30.2 Å². The monoisotopic (exact) mass is 496 g/mol. The Morgan fingerprint density at radius 1 is 1.22 bits per heavy atom. The summed E-state index contributed by atoms with van der Waals surface area (Å²) in [6.45, 7) is 2.13. The average Bonchev–Trinajstić information content (AvgIpc) is 3.14. The van der Waals surface area contributed by atoms with Gasteiger partial charge in [-0.2, -0.15) is 5.10 Å². The van der Waals surface area contributed by atoms with Crippen LogP contribution in [-0.2, 0) is 13.7 Å². The molecule has 6 nitrogen and oxygen atoms in total. The maximum atomic E-state index is 14.7. The van der Waals surface area contributed by atoms with Crippen molar-refractivity contribution in [1.29, 1.82) is 0 Å². The van der Waals surface area contributed by atoms with E-state index >= 15 is 0 Å². The molecule has 0 saturated carbocycles. The molecule has 2 unspecified atom stereocenters. The summed E-state index contributed by atoms with van der Waals surface area (Å²) in [5.41, 5.74) is 6.67. The van der Waals surface area contributed by atoms with Crippen LogP contribution in [0.2, 0.25) is 0 Å². The number of benzene rings is 2. The Labute approximate surface area is 193 Å². The van der Waals surface area contributed by atoms with Crippen molar-refractivity contribution in [2.45, 2.75) is 30.7 Å². The van der Waals surface area contributed by atoms with Crippen LogP contribution in [0.4, 0.5) is 8.78 Å². The van der Waals surface area contributed by atoms with Crippen LogP contribution in [0.5, 0.6) is 0 Å². The van der Waals surface area contributed by atoms with Crippen molar-refractivity contribution >= 4 is 41.6 Å². The summed E-state index contributed by atoms with van der Waals surface area (Å²) in [5.74, 6) is -1.27. The molecule has 0 aliphatic carbocycles. The second kappa shape index (κ2) is 9.12. The molecule has 0 amide bonds. The van der Waals surface area contributed by atoms with Gasteiger partial charge in [-0.15, -0.1) is 0 Å². The fourth-order valence-electron chi connectivity index (χ4n) is 3.67. The molecule has 2 N–H and O–H groups in total. The third-order valence-corrected chi connectivity index (χ3v) is 9.70. The minimum atomic E-state index is -3.46. The lowest BCUT2D eigenvalue weighted by Crippen LogP contribution is -2.43. The molecule has 2 aliphatic heterocycles. The van der Waals surface area contributed by atoms with Gasteiger partial charge in [0.15, 0.2) is 5.17 Å². The third-order valence-electron chi connectivity index (χ3n) is 5.06. The molecule has 2 heterocycles. The minimum absolute atomic E-state index is 0.0165. The normalized spacial score (nSPS) is 24.9. The van der Waals surface area contributed by atoms with Gasteiger partial charge in [0.2, 0.25) is 8.87 Å². The summed E-state index contributed by atoms with van der Waals surface area (Å²) < 4.78 is 53.6. The van der Waals surface area contributed by atoms with Crippen LogP contribution in [0.1, 0.15) is 30.9 Å². The molecule has 0 bridgehead atoms. The molecule has 32 heavy (non-hydrogen) atoms. The molecular weight excluding hydrogens is 474 g/mol. The van der Waals surface area contributed by atoms with Gasteiger partial charge < -0.3 is 5.73 Å². The highest BCUT2D eigenvalue weighted by molar-refractivity contribution is 8.78. The van der Waals surface area contributed by atoms with Gasteiger partial charge in [0.1, 0.15) is 21.5 Å². The first-order valence-electron chi connectivity index (χ1n) is 10.0. The van der Waals surface area contributed by atoms with Crippen LogP contribution in [0.15, 0.2) is 58.6 Å². The van der Waals surface area contributed by atoms with Crippen molar-refractivity contribution in [3.63, 3.8) is 0 Å². The van der Waals surface area contributed by atoms with Crippen molar-refractivity contribution in [2.75, 3.05) is 12.3 Å². The number of halogens is 2. The van der Waals surface area contributed by atoms with Gasteiger partial charge in [-0.25, -0.2) is 22.2 Å². The summed E-state index contributed by atoms with van der Waals surface area (Å²) in [6.07, 6.45) is 1.10. The third kappa shape index (κ3) is 4.57. The standard InChI is InChI=1S/C21H22F2N4O2S3/c1-14-13-32(28,29)31-20(25-14)27-21(10-5-11-24,15-6-3-2-4-7-15)30-19(26-27)17-12-16(22)8-9-18(17)23/h2-4,6-9,12,14H,5,10-11,13,24H2,1H3. The Bertz CT molecular complexity index is 1170. The van der Waals surface area contributed by atoms with Crippen molar-refractivity contribution < 1.29 is 17.2 Å². The van der Waals surface area contributed by atoms with Crippen molar-refractivity contribution in [3.05, 3.63) is 71.3 Å². The molecule has 0 aromatic heterocycles. The molecule has 2 atom stereocenters. The molecule has 2 aliphatic rings. The summed E-state index contributed by atoms with van der Waals surface area (Å²) >= 11 is 1.25. The van der Waals surface area contributed by atoms with E-state index in [2.05, 4.69) is 10.1 Å². The lowest BCUT2D eigenvalue weighted by molar-refractivity contribution is 0.283. The van der Waals surface area contributed by atoms with E-state index < -0.39 is 31.4 Å². The number of nitrogens with zero attached hydrogens (tertiary/aromatic N) is 3. The van der Waals surface area contributed by atoms with Crippen LogP contribution in [0.25, 0.3) is 0 Å². The molecule has 11 heteroatoms. The second-order valence-corrected chi connectivity index (χ2v) is 12.8. The predicted octanol–water partition coefficient (Wildman–Crippen LogP) is 4.09. The van der Waals surface area contributed by atoms with Crippen LogP contribution < -0.4 is 5.73 Å². The van der Waals surface area contributed by atoms with Gasteiger partial charge in [-0.1, -0.05) is 42.1 Å². The fraction of sp³-hybridized carbons (Fsp3) is 0.333. The fourth-order valence-corrected chi connectivity index (χ4v) is 8.41. The average molecular weight is 497 g/mol. The Morgan fingerprint density at radius 2 is 1.97 bits per heavy atom. The highest BCUT2D eigenvalue weighted by Crippen LogP contribution is 2.52. The first kappa shape index (κ1) is 23.2. The molecule has 2 aromatic rings. The first-order chi connectivity index (χ1) is 15.2. The number of hydrazone groups is 1. The van der Waals surface area contributed by atoms with Gasteiger partial charge in [0, 0.05) is 16.4 Å². The van der Waals surface area contributed by atoms with Gasteiger partial charge in [-0.3, -0.25) is 4.99 Å². The van der Waals surface area contributed by atoms with Gasteiger partial charge in [0.05, 0.1) is 11.8 Å². The lowest BCUT2D eigenvalue weighted by Gasteiger charge is -2.38. The number of nitrogens with two attached hydrogens (primary N) is 1. The molecule has 170 valence electrons. The molecule has 4 rings (SSSR count). The Kier molecular flexibility index (Phi) is 6.62. The van der Waals surface area contributed by atoms with Crippen molar-refractivity contribution in [3.8, 4) is 0 Å². The zero-order valence-electron chi connectivity index (χ0n) is 17.2. The number of thioether (sulfide) groups is 1. The van der Waals surface area contributed by atoms with E-state index in [1.54, 1.807) is 11.9 Å². The largest absolute Gasteiger partial charge is 0.330 e. The summed E-state index contributed by atoms with van der Waals surface area (Å²) in [7, 11) is -2.81. The Balaban J connectivity index is 1.90. The van der Waals surface area contributed by atoms with Crippen molar-refractivity contribution in [1.82, 2.24) is 5.01 Å². The number of rotatable bonds is 5. The van der Waals surface area contributed by atoms with E-state index in [0.717, 1.165) is 23.8 Å². The van der Waals surface area contributed by atoms with E-state index in [4.69, 9.17) is 5.73 Å². The molecular formula is C21H22F2N4O2S3. The summed E-state index contributed by atoms with van der Waals surface area (Å²) in [6, 6.07) is 12.2. The summed E-state index contributed by atoms with van der Waals surface area (Å²) in [5, 5.41) is 6.64. The molecule has 2 aromatic carbocycles. The Hall–Kier alpha value is -1.95.